The number of benzene rings is 2. The van der Waals surface area contributed by atoms with E-state index in [9.17, 15) is 0 Å². The average molecular weight is 371 g/mol. The Kier molecular flexibility index (Phi) is 3.76. The SMILES string of the molecule is COc1ccc(-c2nc3c4cc(-c5ccc(OC)cc5)oc4ccn3n2)cc1. The van der Waals surface area contributed by atoms with Crippen molar-refractivity contribution in [2.45, 2.75) is 0 Å². The smallest absolute Gasteiger partial charge is 0.182 e. The van der Waals surface area contributed by atoms with Crippen molar-refractivity contribution < 1.29 is 13.9 Å². The van der Waals surface area contributed by atoms with Gasteiger partial charge in [0.05, 0.1) is 19.6 Å². The molecule has 0 fully saturated rings. The van der Waals surface area contributed by atoms with Gasteiger partial charge in [0.25, 0.3) is 0 Å². The zero-order valence-electron chi connectivity index (χ0n) is 15.4. The summed E-state index contributed by atoms with van der Waals surface area (Å²) in [6.07, 6.45) is 1.86. The number of hydrogen-bond acceptors (Lipinski definition) is 5. The van der Waals surface area contributed by atoms with E-state index in [1.54, 1.807) is 18.7 Å². The van der Waals surface area contributed by atoms with Crippen molar-refractivity contribution in [2.75, 3.05) is 14.2 Å². The minimum atomic E-state index is 0.655. The molecule has 3 aromatic heterocycles. The molecule has 6 nitrogen and oxygen atoms in total. The third-order valence-electron chi connectivity index (χ3n) is 4.72. The Morgan fingerprint density at radius 2 is 1.46 bits per heavy atom. The van der Waals surface area contributed by atoms with Gasteiger partial charge in [-0.3, -0.25) is 0 Å². The van der Waals surface area contributed by atoms with Crippen LogP contribution in [0.3, 0.4) is 0 Å². The highest BCUT2D eigenvalue weighted by molar-refractivity contribution is 5.94. The molecule has 0 aliphatic heterocycles. The van der Waals surface area contributed by atoms with Crippen molar-refractivity contribution in [2.24, 2.45) is 0 Å². The van der Waals surface area contributed by atoms with Crippen LogP contribution >= 0.6 is 0 Å². The van der Waals surface area contributed by atoms with Gasteiger partial charge in [-0.1, -0.05) is 0 Å². The standard InChI is InChI=1S/C22H17N3O3/c1-26-16-7-3-14(4-8-16)20-13-18-19(28-20)11-12-25-22(18)23-21(24-25)15-5-9-17(27-2)10-6-15/h3-13H,1-2H3. The van der Waals surface area contributed by atoms with E-state index in [1.165, 1.54) is 0 Å². The summed E-state index contributed by atoms with van der Waals surface area (Å²) in [5.74, 6) is 3.04. The summed E-state index contributed by atoms with van der Waals surface area (Å²) in [7, 11) is 3.30. The maximum absolute atomic E-state index is 6.04. The lowest BCUT2D eigenvalue weighted by Gasteiger charge is -2.00. The van der Waals surface area contributed by atoms with Gasteiger partial charge in [-0.05, 0) is 60.7 Å². The second kappa shape index (κ2) is 6.42. The molecule has 0 saturated heterocycles. The summed E-state index contributed by atoms with van der Waals surface area (Å²) in [4.78, 5) is 4.73. The summed E-state index contributed by atoms with van der Waals surface area (Å²) >= 11 is 0. The fraction of sp³-hybridized carbons (Fsp3) is 0.0909. The molecule has 0 atom stereocenters. The first kappa shape index (κ1) is 16.4. The molecular weight excluding hydrogens is 354 g/mol. The molecule has 0 aliphatic carbocycles. The normalized spacial score (nSPS) is 11.2. The lowest BCUT2D eigenvalue weighted by molar-refractivity contribution is 0.414. The number of furan rings is 1. The lowest BCUT2D eigenvalue weighted by atomic mass is 10.1. The van der Waals surface area contributed by atoms with Crippen molar-refractivity contribution in [3.8, 4) is 34.2 Å². The quantitative estimate of drug-likeness (QED) is 0.453. The molecule has 28 heavy (non-hydrogen) atoms. The molecule has 0 N–H and O–H groups in total. The topological polar surface area (TPSA) is 61.8 Å². The minimum Gasteiger partial charge on any atom is -0.497 e. The Morgan fingerprint density at radius 3 is 2.11 bits per heavy atom. The predicted octanol–water partition coefficient (Wildman–Crippen LogP) is 4.83. The second-order valence-corrected chi connectivity index (χ2v) is 6.36. The molecule has 0 amide bonds. The molecule has 0 radical (unpaired) electrons. The van der Waals surface area contributed by atoms with E-state index in [-0.39, 0.29) is 0 Å². The first-order chi connectivity index (χ1) is 13.7. The van der Waals surface area contributed by atoms with Crippen molar-refractivity contribution in [1.82, 2.24) is 14.6 Å². The van der Waals surface area contributed by atoms with Crippen LogP contribution in [0, 0.1) is 0 Å². The Balaban J connectivity index is 1.60. The largest absolute Gasteiger partial charge is 0.497 e. The van der Waals surface area contributed by atoms with E-state index in [0.29, 0.717) is 5.82 Å². The van der Waals surface area contributed by atoms with E-state index < -0.39 is 0 Å². The maximum Gasteiger partial charge on any atom is 0.182 e. The molecule has 6 heteroatoms. The van der Waals surface area contributed by atoms with Gasteiger partial charge in [-0.25, -0.2) is 9.50 Å². The number of methoxy groups -OCH3 is 2. The zero-order chi connectivity index (χ0) is 19.1. The molecular formula is C22H17N3O3. The highest BCUT2D eigenvalue weighted by Crippen LogP contribution is 2.31. The van der Waals surface area contributed by atoms with Crippen LogP contribution in [0.4, 0.5) is 0 Å². The van der Waals surface area contributed by atoms with E-state index in [2.05, 4.69) is 5.10 Å². The lowest BCUT2D eigenvalue weighted by Crippen LogP contribution is -1.86. The van der Waals surface area contributed by atoms with Gasteiger partial charge in [0, 0.05) is 17.3 Å². The van der Waals surface area contributed by atoms with E-state index in [0.717, 1.165) is 45.0 Å². The van der Waals surface area contributed by atoms with Crippen molar-refractivity contribution in [3.05, 3.63) is 66.9 Å². The van der Waals surface area contributed by atoms with Gasteiger partial charge >= 0.3 is 0 Å². The van der Waals surface area contributed by atoms with Crippen LogP contribution in [-0.2, 0) is 0 Å². The van der Waals surface area contributed by atoms with Crippen LogP contribution in [0.2, 0.25) is 0 Å². The van der Waals surface area contributed by atoms with Crippen LogP contribution in [0.1, 0.15) is 0 Å². The average Bonchev–Trinajstić information content (AvgIpc) is 3.38. The molecule has 3 heterocycles. The number of hydrogen-bond donors (Lipinski definition) is 0. The number of ether oxygens (including phenoxy) is 2. The fourth-order valence-electron chi connectivity index (χ4n) is 3.21. The van der Waals surface area contributed by atoms with Gasteiger partial charge in [-0.2, -0.15) is 0 Å². The zero-order valence-corrected chi connectivity index (χ0v) is 15.4. The Labute approximate surface area is 161 Å². The number of rotatable bonds is 4. The fourth-order valence-corrected chi connectivity index (χ4v) is 3.21. The molecule has 5 rings (SSSR count). The Bertz CT molecular complexity index is 1170. The van der Waals surface area contributed by atoms with E-state index in [4.69, 9.17) is 18.9 Å². The summed E-state index contributed by atoms with van der Waals surface area (Å²) in [6, 6.07) is 19.4. The predicted molar refractivity (Wildman–Crippen MR) is 107 cm³/mol. The number of aromatic nitrogens is 3. The monoisotopic (exact) mass is 371 g/mol. The van der Waals surface area contributed by atoms with E-state index in [1.807, 2.05) is 66.9 Å². The van der Waals surface area contributed by atoms with Crippen LogP contribution in [0.5, 0.6) is 11.5 Å². The van der Waals surface area contributed by atoms with Gasteiger partial charge in [0.2, 0.25) is 0 Å². The number of pyridine rings is 1. The van der Waals surface area contributed by atoms with Crippen LogP contribution in [0.25, 0.3) is 39.3 Å². The first-order valence-corrected chi connectivity index (χ1v) is 8.83. The maximum atomic E-state index is 6.04. The molecule has 0 unspecified atom stereocenters. The molecule has 5 aromatic rings. The van der Waals surface area contributed by atoms with E-state index >= 15 is 0 Å². The molecule has 0 saturated carbocycles. The molecule has 0 aliphatic rings. The van der Waals surface area contributed by atoms with Gasteiger partial charge < -0.3 is 13.9 Å². The highest BCUT2D eigenvalue weighted by Gasteiger charge is 2.14. The Morgan fingerprint density at radius 1 is 0.821 bits per heavy atom. The Hall–Kier alpha value is -3.80. The second-order valence-electron chi connectivity index (χ2n) is 6.36. The van der Waals surface area contributed by atoms with Gasteiger partial charge in [0.1, 0.15) is 22.8 Å². The number of nitrogens with zero attached hydrogens (tertiary/aromatic N) is 3. The minimum absolute atomic E-state index is 0.655. The molecule has 0 bridgehead atoms. The van der Waals surface area contributed by atoms with Crippen LogP contribution < -0.4 is 9.47 Å². The van der Waals surface area contributed by atoms with Crippen molar-refractivity contribution in [1.29, 1.82) is 0 Å². The van der Waals surface area contributed by atoms with Gasteiger partial charge in [-0.15, -0.1) is 5.10 Å². The van der Waals surface area contributed by atoms with Crippen LogP contribution in [-0.4, -0.2) is 28.8 Å². The third-order valence-corrected chi connectivity index (χ3v) is 4.72. The van der Waals surface area contributed by atoms with Crippen molar-refractivity contribution in [3.63, 3.8) is 0 Å². The third kappa shape index (κ3) is 2.66. The van der Waals surface area contributed by atoms with Crippen molar-refractivity contribution >= 4 is 16.6 Å². The summed E-state index contributed by atoms with van der Waals surface area (Å²) in [5, 5.41) is 5.52. The van der Waals surface area contributed by atoms with Crippen LogP contribution in [0.15, 0.2) is 71.3 Å². The molecule has 2 aromatic carbocycles. The summed E-state index contributed by atoms with van der Waals surface area (Å²) in [5.41, 5.74) is 3.43. The summed E-state index contributed by atoms with van der Waals surface area (Å²) in [6.45, 7) is 0. The molecule has 0 spiro atoms. The first-order valence-electron chi connectivity index (χ1n) is 8.83. The molecule has 138 valence electrons. The highest BCUT2D eigenvalue weighted by atomic mass is 16.5. The van der Waals surface area contributed by atoms with Gasteiger partial charge in [0.15, 0.2) is 11.5 Å². The number of fused-ring (bicyclic) bond motifs is 3. The summed E-state index contributed by atoms with van der Waals surface area (Å²) < 4.78 is 18.3.